The molecule has 4 aromatic rings. The number of nitrogens with zero attached hydrogens (tertiary/aromatic N) is 2. The molecule has 0 radical (unpaired) electrons. The molecule has 0 aromatic heterocycles. The highest BCUT2D eigenvalue weighted by molar-refractivity contribution is 5.71. The fourth-order valence-electron chi connectivity index (χ4n) is 3.15. The number of benzene rings is 4. The Hall–Kier alpha value is -4.86. The first-order chi connectivity index (χ1) is 16.2. The second-order valence-electron chi connectivity index (χ2n) is 7.37. The molecular weight excluding hydrogens is 404 g/mol. The van der Waals surface area contributed by atoms with Gasteiger partial charge in [0.15, 0.2) is 0 Å². The molecule has 0 heterocycles. The second kappa shape index (κ2) is 10.4. The molecule has 3 heteroatoms. The topological polar surface area (TPSA) is 56.8 Å². The molecule has 0 unspecified atom stereocenters. The largest absolute Gasteiger partial charge is 0.457 e. The van der Waals surface area contributed by atoms with Gasteiger partial charge in [0.2, 0.25) is 0 Å². The molecule has 0 spiro atoms. The van der Waals surface area contributed by atoms with E-state index >= 15 is 0 Å². The molecule has 0 bridgehead atoms. The van der Waals surface area contributed by atoms with Crippen LogP contribution in [0.1, 0.15) is 33.4 Å². The Bertz CT molecular complexity index is 1240. The lowest BCUT2D eigenvalue weighted by atomic mass is 10.1. The molecule has 0 N–H and O–H groups in total. The average molecular weight is 425 g/mol. The van der Waals surface area contributed by atoms with Crippen LogP contribution in [0.25, 0.3) is 24.3 Å². The van der Waals surface area contributed by atoms with E-state index in [0.717, 1.165) is 33.8 Å². The maximum atomic E-state index is 8.87. The van der Waals surface area contributed by atoms with Crippen molar-refractivity contribution in [2.45, 2.75) is 0 Å². The van der Waals surface area contributed by atoms with Crippen molar-refractivity contribution in [3.63, 3.8) is 0 Å². The molecule has 156 valence electrons. The zero-order valence-corrected chi connectivity index (χ0v) is 17.8. The molecule has 4 rings (SSSR count). The first-order valence-corrected chi connectivity index (χ1v) is 10.5. The molecule has 4 aromatic carbocycles. The quantitative estimate of drug-likeness (QED) is 0.300. The number of ether oxygens (including phenoxy) is 1. The minimum Gasteiger partial charge on any atom is -0.457 e. The minimum absolute atomic E-state index is 0.656. The van der Waals surface area contributed by atoms with Crippen molar-refractivity contribution in [3.05, 3.63) is 130 Å². The molecular formula is C30H20N2O. The van der Waals surface area contributed by atoms with Crippen molar-refractivity contribution in [1.82, 2.24) is 0 Å². The summed E-state index contributed by atoms with van der Waals surface area (Å²) in [5.41, 5.74) is 5.53. The number of hydrogen-bond acceptors (Lipinski definition) is 3. The van der Waals surface area contributed by atoms with Gasteiger partial charge in [0.1, 0.15) is 11.5 Å². The van der Waals surface area contributed by atoms with Crippen molar-refractivity contribution < 1.29 is 4.74 Å². The summed E-state index contributed by atoms with van der Waals surface area (Å²) in [6.07, 6.45) is 8.09. The van der Waals surface area contributed by atoms with Crippen LogP contribution in [-0.2, 0) is 0 Å². The van der Waals surface area contributed by atoms with Crippen LogP contribution >= 0.6 is 0 Å². The van der Waals surface area contributed by atoms with E-state index in [9.17, 15) is 0 Å². The fraction of sp³-hybridized carbons (Fsp3) is 0. The van der Waals surface area contributed by atoms with Crippen molar-refractivity contribution in [2.75, 3.05) is 0 Å². The molecule has 0 aliphatic carbocycles. The van der Waals surface area contributed by atoms with E-state index in [0.29, 0.717) is 11.1 Å². The first-order valence-electron chi connectivity index (χ1n) is 10.5. The summed E-state index contributed by atoms with van der Waals surface area (Å²) in [7, 11) is 0. The molecule has 0 saturated heterocycles. The first kappa shape index (κ1) is 21.4. The number of rotatable bonds is 6. The van der Waals surface area contributed by atoms with E-state index in [2.05, 4.69) is 12.1 Å². The van der Waals surface area contributed by atoms with Crippen molar-refractivity contribution >= 4 is 24.3 Å². The lowest BCUT2D eigenvalue weighted by molar-refractivity contribution is 0.482. The van der Waals surface area contributed by atoms with E-state index in [1.807, 2.05) is 121 Å². The third kappa shape index (κ3) is 6.07. The summed E-state index contributed by atoms with van der Waals surface area (Å²) >= 11 is 0. The summed E-state index contributed by atoms with van der Waals surface area (Å²) < 4.78 is 5.96. The third-order valence-electron chi connectivity index (χ3n) is 5.01. The maximum Gasteiger partial charge on any atom is 0.127 e. The highest BCUT2D eigenvalue weighted by Crippen LogP contribution is 2.23. The molecule has 3 nitrogen and oxygen atoms in total. The Balaban J connectivity index is 1.34. The van der Waals surface area contributed by atoms with E-state index in [1.54, 1.807) is 0 Å². The van der Waals surface area contributed by atoms with E-state index in [1.165, 1.54) is 0 Å². The molecule has 0 aliphatic rings. The number of nitriles is 2. The fourth-order valence-corrected chi connectivity index (χ4v) is 3.15. The van der Waals surface area contributed by atoms with Gasteiger partial charge in [-0.3, -0.25) is 0 Å². The second-order valence-corrected chi connectivity index (χ2v) is 7.37. The van der Waals surface area contributed by atoms with Gasteiger partial charge in [0.25, 0.3) is 0 Å². The zero-order valence-electron chi connectivity index (χ0n) is 17.8. The zero-order chi connectivity index (χ0) is 22.9. The third-order valence-corrected chi connectivity index (χ3v) is 5.01. The Morgan fingerprint density at radius 1 is 0.424 bits per heavy atom. The van der Waals surface area contributed by atoms with Gasteiger partial charge in [-0.1, -0.05) is 72.8 Å². The Labute approximate surface area is 193 Å². The van der Waals surface area contributed by atoms with Crippen LogP contribution < -0.4 is 4.74 Å². The van der Waals surface area contributed by atoms with Crippen LogP contribution in [0.15, 0.2) is 97.1 Å². The van der Waals surface area contributed by atoms with Gasteiger partial charge in [-0.2, -0.15) is 10.5 Å². The summed E-state index contributed by atoms with van der Waals surface area (Å²) in [5.74, 6) is 1.54. The highest BCUT2D eigenvalue weighted by atomic mass is 16.5. The van der Waals surface area contributed by atoms with Gasteiger partial charge in [-0.05, 0) is 70.8 Å². The smallest absolute Gasteiger partial charge is 0.127 e. The highest BCUT2D eigenvalue weighted by Gasteiger charge is 1.98. The molecule has 0 amide bonds. The summed E-state index contributed by atoms with van der Waals surface area (Å²) in [6.45, 7) is 0. The molecule has 0 atom stereocenters. The summed E-state index contributed by atoms with van der Waals surface area (Å²) in [5, 5.41) is 17.7. The van der Waals surface area contributed by atoms with Gasteiger partial charge in [0.05, 0.1) is 23.3 Å². The Morgan fingerprint density at radius 3 is 0.970 bits per heavy atom. The standard InChI is InChI=1S/C30H20N2O/c31-21-27-9-5-23(6-10-27)1-3-25-13-17-29(18-14-25)33-30-19-15-26(16-20-30)4-2-24-7-11-28(22-32)12-8-24/h1-20H/b3-1+,4-2+. The maximum absolute atomic E-state index is 8.87. The van der Waals surface area contributed by atoms with Gasteiger partial charge >= 0.3 is 0 Å². The van der Waals surface area contributed by atoms with Gasteiger partial charge in [-0.15, -0.1) is 0 Å². The monoisotopic (exact) mass is 424 g/mol. The van der Waals surface area contributed by atoms with Gasteiger partial charge in [0, 0.05) is 0 Å². The number of hydrogen-bond donors (Lipinski definition) is 0. The summed E-state index contributed by atoms with van der Waals surface area (Å²) in [4.78, 5) is 0. The molecule has 0 fully saturated rings. The van der Waals surface area contributed by atoms with E-state index < -0.39 is 0 Å². The van der Waals surface area contributed by atoms with Crippen LogP contribution in [0.5, 0.6) is 11.5 Å². The summed E-state index contributed by atoms with van der Waals surface area (Å²) in [6, 6.07) is 35.0. The van der Waals surface area contributed by atoms with Crippen LogP contribution in [0.3, 0.4) is 0 Å². The Kier molecular flexibility index (Phi) is 6.76. The molecule has 0 aliphatic heterocycles. The Morgan fingerprint density at radius 2 is 0.697 bits per heavy atom. The molecule has 0 saturated carbocycles. The van der Waals surface area contributed by atoms with E-state index in [4.69, 9.17) is 15.3 Å². The average Bonchev–Trinajstić information content (AvgIpc) is 2.88. The molecule has 33 heavy (non-hydrogen) atoms. The van der Waals surface area contributed by atoms with Crippen molar-refractivity contribution in [2.24, 2.45) is 0 Å². The van der Waals surface area contributed by atoms with Crippen LogP contribution in [0, 0.1) is 22.7 Å². The SMILES string of the molecule is N#Cc1ccc(/C=C/c2ccc(Oc3ccc(/C=C/c4ccc(C#N)cc4)cc3)cc2)cc1. The normalized spacial score (nSPS) is 10.7. The van der Waals surface area contributed by atoms with Crippen molar-refractivity contribution in [1.29, 1.82) is 10.5 Å². The van der Waals surface area contributed by atoms with Crippen LogP contribution in [0.4, 0.5) is 0 Å². The predicted molar refractivity (Wildman–Crippen MR) is 133 cm³/mol. The van der Waals surface area contributed by atoms with Crippen LogP contribution in [0.2, 0.25) is 0 Å². The minimum atomic E-state index is 0.656. The van der Waals surface area contributed by atoms with Gasteiger partial charge in [-0.25, -0.2) is 0 Å². The van der Waals surface area contributed by atoms with Crippen LogP contribution in [-0.4, -0.2) is 0 Å². The van der Waals surface area contributed by atoms with Crippen molar-refractivity contribution in [3.8, 4) is 23.6 Å². The predicted octanol–water partition coefficient (Wildman–Crippen LogP) is 7.56. The van der Waals surface area contributed by atoms with Gasteiger partial charge < -0.3 is 4.74 Å². The lowest BCUT2D eigenvalue weighted by Crippen LogP contribution is -1.84. The lowest BCUT2D eigenvalue weighted by Gasteiger charge is -2.06. The van der Waals surface area contributed by atoms with E-state index in [-0.39, 0.29) is 0 Å².